The van der Waals surface area contributed by atoms with Gasteiger partial charge >= 0.3 is 5.97 Å². The molecule has 2 heterocycles. The van der Waals surface area contributed by atoms with Crippen LogP contribution in [0.25, 0.3) is 0 Å². The molecule has 29 heavy (non-hydrogen) atoms. The SMILES string of the molecule is Cc1ccccc1Sc1ccc2c(c1)OCC[C@@H]2CNc1cnccc1C(=O)O. The van der Waals surface area contributed by atoms with Gasteiger partial charge in [-0.2, -0.15) is 0 Å². The molecule has 2 aromatic carbocycles. The molecule has 0 fully saturated rings. The molecule has 1 aliphatic rings. The number of benzene rings is 2. The monoisotopic (exact) mass is 406 g/mol. The lowest BCUT2D eigenvalue weighted by Gasteiger charge is -2.27. The van der Waals surface area contributed by atoms with Crippen LogP contribution in [0.1, 0.15) is 33.8 Å². The molecule has 0 radical (unpaired) electrons. The lowest BCUT2D eigenvalue weighted by molar-refractivity contribution is 0.0697. The van der Waals surface area contributed by atoms with E-state index in [1.165, 1.54) is 22.7 Å². The van der Waals surface area contributed by atoms with Gasteiger partial charge in [0.25, 0.3) is 0 Å². The number of pyridine rings is 1. The molecule has 0 aliphatic carbocycles. The quantitative estimate of drug-likeness (QED) is 0.585. The minimum Gasteiger partial charge on any atom is -0.493 e. The Morgan fingerprint density at radius 1 is 1.28 bits per heavy atom. The minimum absolute atomic E-state index is 0.234. The molecule has 2 N–H and O–H groups in total. The van der Waals surface area contributed by atoms with Crippen LogP contribution >= 0.6 is 11.8 Å². The summed E-state index contributed by atoms with van der Waals surface area (Å²) in [6.45, 7) is 3.39. The zero-order valence-electron chi connectivity index (χ0n) is 16.1. The van der Waals surface area contributed by atoms with Crippen LogP contribution < -0.4 is 10.1 Å². The Balaban J connectivity index is 1.50. The van der Waals surface area contributed by atoms with Gasteiger partial charge in [0, 0.05) is 28.5 Å². The number of nitrogens with one attached hydrogen (secondary N) is 1. The van der Waals surface area contributed by atoms with E-state index in [9.17, 15) is 9.90 Å². The fourth-order valence-electron chi connectivity index (χ4n) is 3.47. The van der Waals surface area contributed by atoms with Gasteiger partial charge in [0.05, 0.1) is 24.1 Å². The van der Waals surface area contributed by atoms with Crippen LogP contribution in [0.3, 0.4) is 0 Å². The summed E-state index contributed by atoms with van der Waals surface area (Å²) in [5.74, 6) is 0.199. The zero-order chi connectivity index (χ0) is 20.2. The first-order valence-corrected chi connectivity index (χ1v) is 10.3. The van der Waals surface area contributed by atoms with Gasteiger partial charge < -0.3 is 15.2 Å². The van der Waals surface area contributed by atoms with Crippen molar-refractivity contribution in [3.05, 3.63) is 77.6 Å². The number of rotatable bonds is 6. The molecule has 1 atom stereocenters. The second-order valence-corrected chi connectivity index (χ2v) is 8.12. The van der Waals surface area contributed by atoms with Gasteiger partial charge in [-0.3, -0.25) is 4.98 Å². The van der Waals surface area contributed by atoms with E-state index in [4.69, 9.17) is 4.74 Å². The zero-order valence-corrected chi connectivity index (χ0v) is 16.9. The van der Waals surface area contributed by atoms with Crippen LogP contribution in [0.4, 0.5) is 5.69 Å². The molecule has 0 bridgehead atoms. The van der Waals surface area contributed by atoms with Crippen molar-refractivity contribution in [2.45, 2.75) is 29.1 Å². The Bertz CT molecular complexity index is 1040. The second-order valence-electron chi connectivity index (χ2n) is 7.01. The highest BCUT2D eigenvalue weighted by Crippen LogP contribution is 2.39. The van der Waals surface area contributed by atoms with E-state index in [-0.39, 0.29) is 11.5 Å². The van der Waals surface area contributed by atoms with Gasteiger partial charge in [-0.15, -0.1) is 0 Å². The summed E-state index contributed by atoms with van der Waals surface area (Å²) in [6.07, 6.45) is 3.94. The molecule has 3 aromatic rings. The maximum absolute atomic E-state index is 11.4. The van der Waals surface area contributed by atoms with Gasteiger partial charge in [0.15, 0.2) is 0 Å². The van der Waals surface area contributed by atoms with Crippen molar-refractivity contribution >= 4 is 23.4 Å². The fourth-order valence-corrected chi connectivity index (χ4v) is 4.40. The first-order chi connectivity index (χ1) is 14.1. The summed E-state index contributed by atoms with van der Waals surface area (Å²) in [4.78, 5) is 17.8. The smallest absolute Gasteiger partial charge is 0.337 e. The molecule has 4 rings (SSSR count). The summed E-state index contributed by atoms with van der Waals surface area (Å²) in [5.41, 5.74) is 3.18. The standard InChI is InChI=1S/C23H22N2O3S/c1-15-4-2-3-5-22(15)29-17-6-7-18-16(9-11-28-21(18)12-17)13-25-20-14-24-10-8-19(20)23(26)27/h2-8,10,12,14,16,25H,9,11,13H2,1H3,(H,26,27)/t16-/m1/s1. The molecule has 0 amide bonds. The third-order valence-electron chi connectivity index (χ3n) is 5.06. The van der Waals surface area contributed by atoms with Gasteiger partial charge in [0.1, 0.15) is 5.75 Å². The van der Waals surface area contributed by atoms with E-state index in [1.807, 2.05) is 6.07 Å². The van der Waals surface area contributed by atoms with Crippen LogP contribution in [0.15, 0.2) is 70.7 Å². The van der Waals surface area contributed by atoms with Crippen LogP contribution in [-0.2, 0) is 0 Å². The number of carbonyl (C=O) groups is 1. The number of aromatic nitrogens is 1. The average Bonchev–Trinajstić information content (AvgIpc) is 2.74. The lowest BCUT2D eigenvalue weighted by Crippen LogP contribution is -2.21. The average molecular weight is 407 g/mol. The van der Waals surface area contributed by atoms with Gasteiger partial charge in [-0.1, -0.05) is 36.0 Å². The summed E-state index contributed by atoms with van der Waals surface area (Å²) in [6, 6.07) is 16.2. The number of fused-ring (bicyclic) bond motifs is 1. The Morgan fingerprint density at radius 2 is 2.14 bits per heavy atom. The summed E-state index contributed by atoms with van der Waals surface area (Å²) in [7, 11) is 0. The number of carboxylic acid groups (broad SMARTS) is 1. The summed E-state index contributed by atoms with van der Waals surface area (Å²) < 4.78 is 5.93. The van der Waals surface area contributed by atoms with E-state index in [0.717, 1.165) is 22.6 Å². The predicted molar refractivity (Wildman–Crippen MR) is 114 cm³/mol. The molecule has 0 spiro atoms. The Morgan fingerprint density at radius 3 is 2.97 bits per heavy atom. The fraction of sp³-hybridized carbons (Fsp3) is 0.217. The second kappa shape index (κ2) is 8.57. The van der Waals surface area contributed by atoms with Crippen LogP contribution in [0, 0.1) is 6.92 Å². The third kappa shape index (κ3) is 4.38. The molecule has 0 saturated carbocycles. The van der Waals surface area contributed by atoms with Crippen molar-refractivity contribution in [3.63, 3.8) is 0 Å². The number of hydrogen-bond acceptors (Lipinski definition) is 5. The van der Waals surface area contributed by atoms with Gasteiger partial charge in [-0.25, -0.2) is 4.79 Å². The highest BCUT2D eigenvalue weighted by Gasteiger charge is 2.22. The number of carboxylic acids is 1. The van der Waals surface area contributed by atoms with E-state index < -0.39 is 5.97 Å². The summed E-state index contributed by atoms with van der Waals surface area (Å²) in [5, 5.41) is 12.6. The molecule has 5 nitrogen and oxygen atoms in total. The van der Waals surface area contributed by atoms with Gasteiger partial charge in [0.2, 0.25) is 0 Å². The lowest BCUT2D eigenvalue weighted by atomic mass is 9.93. The maximum Gasteiger partial charge on any atom is 0.337 e. The predicted octanol–water partition coefficient (Wildman–Crippen LogP) is 5.22. The molecule has 1 aromatic heterocycles. The van der Waals surface area contributed by atoms with E-state index in [2.05, 4.69) is 53.6 Å². The molecule has 148 valence electrons. The maximum atomic E-state index is 11.4. The van der Waals surface area contributed by atoms with Crippen LogP contribution in [0.5, 0.6) is 5.75 Å². The summed E-state index contributed by atoms with van der Waals surface area (Å²) >= 11 is 1.73. The molecule has 0 saturated heterocycles. The topological polar surface area (TPSA) is 71.5 Å². The molecule has 6 heteroatoms. The third-order valence-corrected chi connectivity index (χ3v) is 6.23. The molecular formula is C23H22N2O3S. The van der Waals surface area contributed by atoms with Crippen molar-refractivity contribution in [1.29, 1.82) is 0 Å². The molecular weight excluding hydrogens is 384 g/mol. The van der Waals surface area contributed by atoms with Crippen molar-refractivity contribution in [2.24, 2.45) is 0 Å². The minimum atomic E-state index is -0.958. The first-order valence-electron chi connectivity index (χ1n) is 9.53. The number of hydrogen-bond donors (Lipinski definition) is 2. The van der Waals surface area contributed by atoms with Crippen molar-refractivity contribution < 1.29 is 14.6 Å². The number of anilines is 1. The van der Waals surface area contributed by atoms with E-state index in [1.54, 1.807) is 18.0 Å². The largest absolute Gasteiger partial charge is 0.493 e. The van der Waals surface area contributed by atoms with Gasteiger partial charge in [-0.05, 0) is 48.7 Å². The Kier molecular flexibility index (Phi) is 5.71. The highest BCUT2D eigenvalue weighted by atomic mass is 32.2. The van der Waals surface area contributed by atoms with E-state index >= 15 is 0 Å². The Hall–Kier alpha value is -2.99. The van der Waals surface area contributed by atoms with Crippen LogP contribution in [0.2, 0.25) is 0 Å². The van der Waals surface area contributed by atoms with Crippen LogP contribution in [-0.4, -0.2) is 29.2 Å². The number of nitrogens with zero attached hydrogens (tertiary/aromatic N) is 1. The number of ether oxygens (including phenoxy) is 1. The van der Waals surface area contributed by atoms with E-state index in [0.29, 0.717) is 18.8 Å². The number of aryl methyl sites for hydroxylation is 1. The van der Waals surface area contributed by atoms with Crippen molar-refractivity contribution in [1.82, 2.24) is 4.98 Å². The van der Waals surface area contributed by atoms with Crippen molar-refractivity contribution in [2.75, 3.05) is 18.5 Å². The highest BCUT2D eigenvalue weighted by molar-refractivity contribution is 7.99. The first kappa shape index (κ1) is 19.3. The normalized spacial score (nSPS) is 15.3. The van der Waals surface area contributed by atoms with Crippen molar-refractivity contribution in [3.8, 4) is 5.75 Å². The Labute approximate surface area is 174 Å². The molecule has 0 unspecified atom stereocenters. The number of aromatic carboxylic acids is 1. The molecule has 1 aliphatic heterocycles.